The predicted molar refractivity (Wildman–Crippen MR) is 195 cm³/mol. The molecule has 48 heavy (non-hydrogen) atoms. The van der Waals surface area contributed by atoms with E-state index in [1.54, 1.807) is 0 Å². The number of nitrogens with zero attached hydrogens (tertiary/aromatic N) is 4. The van der Waals surface area contributed by atoms with Crippen molar-refractivity contribution >= 4 is 43.6 Å². The minimum atomic E-state index is 0.612. The van der Waals surface area contributed by atoms with Crippen LogP contribution < -0.4 is 0 Å². The highest BCUT2D eigenvalue weighted by atomic mass is 15.0. The fourth-order valence-electron chi connectivity index (χ4n) is 7.34. The Labute approximate surface area is 277 Å². The van der Waals surface area contributed by atoms with E-state index in [1.165, 1.54) is 21.8 Å². The van der Waals surface area contributed by atoms with Crippen molar-refractivity contribution in [1.82, 2.24) is 9.13 Å². The second kappa shape index (κ2) is 10.9. The van der Waals surface area contributed by atoms with Gasteiger partial charge in [-0.15, -0.1) is 0 Å². The zero-order chi connectivity index (χ0) is 32.2. The van der Waals surface area contributed by atoms with Crippen molar-refractivity contribution in [3.05, 3.63) is 169 Å². The molecule has 7 aromatic carbocycles. The van der Waals surface area contributed by atoms with Crippen molar-refractivity contribution in [3.63, 3.8) is 0 Å². The lowest BCUT2D eigenvalue weighted by atomic mass is 9.90. The van der Waals surface area contributed by atoms with Gasteiger partial charge in [-0.05, 0) is 71.8 Å². The molecule has 0 aliphatic heterocycles. The number of aromatic nitrogens is 2. The molecule has 9 rings (SSSR count). The van der Waals surface area contributed by atoms with Crippen LogP contribution in [0.2, 0.25) is 0 Å². The Morgan fingerprint density at radius 3 is 1.65 bits per heavy atom. The second-order valence-corrected chi connectivity index (χ2v) is 12.0. The molecule has 0 saturated carbocycles. The summed E-state index contributed by atoms with van der Waals surface area (Å²) in [6.07, 6.45) is 0. The summed E-state index contributed by atoms with van der Waals surface area (Å²) < 4.78 is 4.59. The van der Waals surface area contributed by atoms with Crippen LogP contribution in [0.4, 0.5) is 0 Å². The van der Waals surface area contributed by atoms with Crippen molar-refractivity contribution in [2.45, 2.75) is 0 Å². The third-order valence-electron chi connectivity index (χ3n) is 9.42. The van der Waals surface area contributed by atoms with E-state index in [0.717, 1.165) is 55.4 Å². The summed E-state index contributed by atoms with van der Waals surface area (Å²) in [5.41, 5.74) is 11.6. The number of hydrogen-bond donors (Lipinski definition) is 0. The molecule has 0 atom stereocenters. The second-order valence-electron chi connectivity index (χ2n) is 12.0. The number of rotatable bonds is 4. The third-order valence-corrected chi connectivity index (χ3v) is 9.42. The first-order valence-corrected chi connectivity index (χ1v) is 15.9. The van der Waals surface area contributed by atoms with E-state index in [9.17, 15) is 10.5 Å². The van der Waals surface area contributed by atoms with Gasteiger partial charge < -0.3 is 9.13 Å². The summed E-state index contributed by atoms with van der Waals surface area (Å²) in [6, 6.07) is 58.9. The first kappa shape index (κ1) is 27.4. The number of nitriles is 2. The van der Waals surface area contributed by atoms with E-state index in [1.807, 2.05) is 54.6 Å². The fraction of sp³-hybridized carbons (Fsp3) is 0. The average Bonchev–Trinajstić information content (AvgIpc) is 3.67. The molecule has 2 heterocycles. The number of hydrogen-bond acceptors (Lipinski definition) is 2. The molecule has 0 bridgehead atoms. The van der Waals surface area contributed by atoms with Crippen molar-refractivity contribution < 1.29 is 0 Å². The van der Waals surface area contributed by atoms with Gasteiger partial charge in [0.2, 0.25) is 0 Å². The Morgan fingerprint density at radius 1 is 0.417 bits per heavy atom. The predicted octanol–water partition coefficient (Wildman–Crippen LogP) is 11.0. The van der Waals surface area contributed by atoms with Gasteiger partial charge in [-0.2, -0.15) is 10.5 Å². The van der Waals surface area contributed by atoms with Gasteiger partial charge in [-0.3, -0.25) is 0 Å². The summed E-state index contributed by atoms with van der Waals surface area (Å²) in [4.78, 5) is 0. The molecule has 0 amide bonds. The standard InChI is InChI=1S/C44H26N4/c45-27-29-20-25-42-38(26-29)37-14-5-8-18-41(37)48(42)43-19-9-15-33(44(43)34-11-2-1-10-31(34)28-46)30-21-23-32(24-22-30)47-39-16-6-3-12-35(39)36-13-4-7-17-40(36)47/h1-26H. The van der Waals surface area contributed by atoms with Crippen LogP contribution in [0.1, 0.15) is 11.1 Å². The van der Waals surface area contributed by atoms with Crippen LogP contribution in [0, 0.1) is 22.7 Å². The third kappa shape index (κ3) is 4.07. The van der Waals surface area contributed by atoms with Crippen LogP contribution in [0.15, 0.2) is 158 Å². The minimum absolute atomic E-state index is 0.612. The van der Waals surface area contributed by atoms with Gasteiger partial charge in [-0.25, -0.2) is 0 Å². The van der Waals surface area contributed by atoms with Crippen LogP contribution in [0.5, 0.6) is 0 Å². The van der Waals surface area contributed by atoms with E-state index in [2.05, 4.69) is 124 Å². The van der Waals surface area contributed by atoms with Gasteiger partial charge >= 0.3 is 0 Å². The normalized spacial score (nSPS) is 11.3. The van der Waals surface area contributed by atoms with Gasteiger partial charge in [0.15, 0.2) is 0 Å². The fourth-order valence-corrected chi connectivity index (χ4v) is 7.34. The van der Waals surface area contributed by atoms with E-state index in [0.29, 0.717) is 11.1 Å². The first-order valence-electron chi connectivity index (χ1n) is 15.9. The molecule has 0 spiro atoms. The maximum absolute atomic E-state index is 10.3. The monoisotopic (exact) mass is 610 g/mol. The number of fused-ring (bicyclic) bond motifs is 6. The maximum atomic E-state index is 10.3. The molecule has 0 saturated heterocycles. The molecule has 222 valence electrons. The summed E-state index contributed by atoms with van der Waals surface area (Å²) in [5, 5.41) is 24.5. The summed E-state index contributed by atoms with van der Waals surface area (Å²) in [5.74, 6) is 0. The van der Waals surface area contributed by atoms with Crippen molar-refractivity contribution in [3.8, 4) is 45.8 Å². The molecule has 0 N–H and O–H groups in total. The Balaban J connectivity index is 1.30. The number of para-hydroxylation sites is 3. The molecule has 0 unspecified atom stereocenters. The molecule has 0 radical (unpaired) electrons. The Hall–Kier alpha value is -6.88. The van der Waals surface area contributed by atoms with Crippen molar-refractivity contribution in [2.24, 2.45) is 0 Å². The quantitative estimate of drug-likeness (QED) is 0.199. The Bertz CT molecular complexity index is 2750. The minimum Gasteiger partial charge on any atom is -0.309 e. The smallest absolute Gasteiger partial charge is 0.0998 e. The molecule has 9 aromatic rings. The van der Waals surface area contributed by atoms with Crippen LogP contribution in [0.3, 0.4) is 0 Å². The summed E-state index contributed by atoms with van der Waals surface area (Å²) in [7, 11) is 0. The van der Waals surface area contributed by atoms with Gasteiger partial charge in [0.25, 0.3) is 0 Å². The molecular weight excluding hydrogens is 585 g/mol. The lowest BCUT2D eigenvalue weighted by Gasteiger charge is -2.19. The van der Waals surface area contributed by atoms with Crippen LogP contribution in [-0.4, -0.2) is 9.13 Å². The maximum Gasteiger partial charge on any atom is 0.0998 e. The molecule has 2 aromatic heterocycles. The van der Waals surface area contributed by atoms with Gasteiger partial charge in [0.1, 0.15) is 0 Å². The zero-order valence-corrected chi connectivity index (χ0v) is 25.8. The summed E-state index contributed by atoms with van der Waals surface area (Å²) in [6.45, 7) is 0. The van der Waals surface area contributed by atoms with Gasteiger partial charge in [-0.1, -0.05) is 97.1 Å². The molecule has 4 heteroatoms. The molecular formula is C44H26N4. The lowest BCUT2D eigenvalue weighted by Crippen LogP contribution is -2.00. The van der Waals surface area contributed by atoms with Gasteiger partial charge in [0, 0.05) is 38.4 Å². The van der Waals surface area contributed by atoms with E-state index in [-0.39, 0.29) is 0 Å². The molecule has 0 aliphatic rings. The van der Waals surface area contributed by atoms with E-state index >= 15 is 0 Å². The number of benzene rings is 7. The highest BCUT2D eigenvalue weighted by Gasteiger charge is 2.21. The van der Waals surface area contributed by atoms with Crippen LogP contribution in [0.25, 0.3) is 77.2 Å². The summed E-state index contributed by atoms with van der Waals surface area (Å²) >= 11 is 0. The highest BCUT2D eigenvalue weighted by molar-refractivity contribution is 6.11. The zero-order valence-electron chi connectivity index (χ0n) is 25.8. The largest absolute Gasteiger partial charge is 0.309 e. The van der Waals surface area contributed by atoms with Crippen LogP contribution in [-0.2, 0) is 0 Å². The van der Waals surface area contributed by atoms with E-state index in [4.69, 9.17) is 0 Å². The topological polar surface area (TPSA) is 57.4 Å². The van der Waals surface area contributed by atoms with Gasteiger partial charge in [0.05, 0.1) is 51.0 Å². The molecule has 0 fully saturated rings. The molecule has 4 nitrogen and oxygen atoms in total. The Kier molecular flexibility index (Phi) is 6.22. The lowest BCUT2D eigenvalue weighted by molar-refractivity contribution is 1.18. The SMILES string of the molecule is N#Cc1ccc2c(c1)c1ccccc1n2-c1cccc(-c2ccc(-n3c4ccccc4c4ccccc43)cc2)c1-c1ccccc1C#N. The van der Waals surface area contributed by atoms with E-state index < -0.39 is 0 Å². The highest BCUT2D eigenvalue weighted by Crippen LogP contribution is 2.42. The average molecular weight is 611 g/mol. The van der Waals surface area contributed by atoms with Crippen LogP contribution >= 0.6 is 0 Å². The first-order chi connectivity index (χ1) is 23.7. The van der Waals surface area contributed by atoms with Crippen molar-refractivity contribution in [1.29, 1.82) is 10.5 Å². The molecule has 0 aliphatic carbocycles. The van der Waals surface area contributed by atoms with Crippen molar-refractivity contribution in [2.75, 3.05) is 0 Å². The Morgan fingerprint density at radius 2 is 0.979 bits per heavy atom.